The van der Waals surface area contributed by atoms with Crippen LogP contribution in [0, 0.1) is 11.2 Å². The van der Waals surface area contributed by atoms with Crippen LogP contribution in [-0.2, 0) is 4.79 Å². The number of carboxylic acids is 1. The number of piperidine rings is 2. The van der Waals surface area contributed by atoms with Crippen molar-refractivity contribution in [2.45, 2.75) is 25.7 Å². The number of aromatic amines is 1. The minimum Gasteiger partial charge on any atom is -0.478 e. The van der Waals surface area contributed by atoms with Crippen LogP contribution in [0.5, 0.6) is 0 Å². The SMILES string of the molecule is NC(=O)c1cnc(N2CCCC3(CCCN(c4ccc(F)cc4)C3=O)C2)c2c1[nH]c1ccc(C(=O)O)cc12. The van der Waals surface area contributed by atoms with Crippen LogP contribution in [0.15, 0.2) is 48.7 Å². The Morgan fingerprint density at radius 2 is 1.82 bits per heavy atom. The number of halogens is 1. The van der Waals surface area contributed by atoms with Crippen molar-refractivity contribution in [2.75, 3.05) is 29.4 Å². The Labute approximate surface area is 217 Å². The van der Waals surface area contributed by atoms with Gasteiger partial charge in [-0.25, -0.2) is 14.2 Å². The molecule has 0 radical (unpaired) electrons. The second-order valence-electron chi connectivity index (χ2n) is 10.1. The molecule has 4 N–H and O–H groups in total. The fraction of sp³-hybridized carbons (Fsp3) is 0.286. The van der Waals surface area contributed by atoms with Crippen LogP contribution in [0.1, 0.15) is 46.4 Å². The zero-order valence-corrected chi connectivity index (χ0v) is 20.5. The average Bonchev–Trinajstić information content (AvgIpc) is 3.29. The van der Waals surface area contributed by atoms with Gasteiger partial charge in [0, 0.05) is 42.4 Å². The summed E-state index contributed by atoms with van der Waals surface area (Å²) in [5, 5.41) is 10.8. The van der Waals surface area contributed by atoms with Crippen LogP contribution >= 0.6 is 0 Å². The highest BCUT2D eigenvalue weighted by atomic mass is 19.1. The van der Waals surface area contributed by atoms with E-state index in [9.17, 15) is 23.9 Å². The summed E-state index contributed by atoms with van der Waals surface area (Å²) in [5.74, 6) is -1.48. The van der Waals surface area contributed by atoms with Crippen LogP contribution in [0.25, 0.3) is 21.8 Å². The first-order chi connectivity index (χ1) is 18.3. The summed E-state index contributed by atoms with van der Waals surface area (Å²) in [5.41, 5.74) is 7.14. The lowest BCUT2D eigenvalue weighted by Gasteiger charge is -2.47. The molecule has 2 saturated heterocycles. The molecule has 38 heavy (non-hydrogen) atoms. The Bertz CT molecular complexity index is 1610. The molecule has 4 heterocycles. The molecule has 2 aromatic heterocycles. The van der Waals surface area contributed by atoms with E-state index in [0.29, 0.717) is 52.9 Å². The number of fused-ring (bicyclic) bond motifs is 3. The second-order valence-corrected chi connectivity index (χ2v) is 10.1. The number of amides is 2. The van der Waals surface area contributed by atoms with Crippen LogP contribution in [0.3, 0.4) is 0 Å². The minimum absolute atomic E-state index is 0.0112. The Kier molecular flexibility index (Phi) is 5.55. The Hall–Kier alpha value is -4.47. The van der Waals surface area contributed by atoms with E-state index in [-0.39, 0.29) is 22.9 Å². The van der Waals surface area contributed by atoms with Crippen LogP contribution < -0.4 is 15.5 Å². The Balaban J connectivity index is 1.44. The highest BCUT2D eigenvalue weighted by Crippen LogP contribution is 2.44. The zero-order chi connectivity index (χ0) is 26.6. The lowest BCUT2D eigenvalue weighted by atomic mass is 9.72. The number of H-pyrrole nitrogens is 1. The number of carbonyl (C=O) groups is 3. The molecule has 6 rings (SSSR count). The van der Waals surface area contributed by atoms with Gasteiger partial charge in [0.25, 0.3) is 5.91 Å². The largest absolute Gasteiger partial charge is 0.478 e. The highest BCUT2D eigenvalue weighted by Gasteiger charge is 2.47. The molecule has 0 bridgehead atoms. The summed E-state index contributed by atoms with van der Waals surface area (Å²) in [6.45, 7) is 1.64. The molecule has 0 aliphatic carbocycles. The van der Waals surface area contributed by atoms with Gasteiger partial charge in [0.15, 0.2) is 0 Å². The van der Waals surface area contributed by atoms with Crippen molar-refractivity contribution < 1.29 is 23.9 Å². The standard InChI is InChI=1S/C28H26FN5O4/c29-17-4-6-18(7-5-17)34-12-2-10-28(27(34)38)9-1-11-33(15-28)25-22-19-13-16(26(36)37)3-8-21(19)32-23(22)20(14-31-25)24(30)35/h3-8,13-14,32H,1-2,9-12,15H2,(H2,30,35)(H,36,37). The van der Waals surface area contributed by atoms with Gasteiger partial charge in [0.1, 0.15) is 11.6 Å². The normalized spacial score (nSPS) is 20.0. The molecule has 1 unspecified atom stereocenters. The second kappa shape index (κ2) is 8.83. The van der Waals surface area contributed by atoms with Gasteiger partial charge in [-0.3, -0.25) is 9.59 Å². The molecule has 2 amide bonds. The van der Waals surface area contributed by atoms with Crippen molar-refractivity contribution in [1.29, 1.82) is 0 Å². The van der Waals surface area contributed by atoms with Crippen molar-refractivity contribution in [1.82, 2.24) is 9.97 Å². The van der Waals surface area contributed by atoms with Crippen molar-refractivity contribution in [3.63, 3.8) is 0 Å². The summed E-state index contributed by atoms with van der Waals surface area (Å²) >= 11 is 0. The predicted octanol–water partition coefficient (Wildman–Crippen LogP) is 4.07. The van der Waals surface area contributed by atoms with Crippen LogP contribution in [-0.4, -0.2) is 52.5 Å². The van der Waals surface area contributed by atoms with Gasteiger partial charge in [-0.05, 0) is 68.1 Å². The first-order valence-electron chi connectivity index (χ1n) is 12.6. The lowest BCUT2D eigenvalue weighted by molar-refractivity contribution is -0.131. The molecular weight excluding hydrogens is 489 g/mol. The third-order valence-corrected chi connectivity index (χ3v) is 7.87. The summed E-state index contributed by atoms with van der Waals surface area (Å²) in [6, 6.07) is 10.7. The first kappa shape index (κ1) is 23.9. The van der Waals surface area contributed by atoms with Crippen LogP contribution in [0.2, 0.25) is 0 Å². The first-order valence-corrected chi connectivity index (χ1v) is 12.6. The van der Waals surface area contributed by atoms with E-state index < -0.39 is 17.3 Å². The number of rotatable bonds is 4. The monoisotopic (exact) mass is 515 g/mol. The van der Waals surface area contributed by atoms with Crippen molar-refractivity contribution in [3.05, 3.63) is 65.6 Å². The number of nitrogens with zero attached hydrogens (tertiary/aromatic N) is 3. The van der Waals surface area contributed by atoms with E-state index in [1.807, 2.05) is 0 Å². The summed E-state index contributed by atoms with van der Waals surface area (Å²) in [7, 11) is 0. The molecule has 2 aliphatic rings. The molecule has 194 valence electrons. The Morgan fingerprint density at radius 1 is 1.08 bits per heavy atom. The number of pyridine rings is 1. The number of benzene rings is 2. The number of primary amides is 1. The molecule has 0 saturated carbocycles. The van der Waals surface area contributed by atoms with Crippen molar-refractivity contribution >= 4 is 51.1 Å². The van der Waals surface area contributed by atoms with E-state index in [1.54, 1.807) is 29.2 Å². The molecular formula is C28H26FN5O4. The number of anilines is 2. The average molecular weight is 516 g/mol. The van der Waals surface area contributed by atoms with Gasteiger partial charge in [0.05, 0.1) is 27.4 Å². The Morgan fingerprint density at radius 3 is 2.53 bits per heavy atom. The van der Waals surface area contributed by atoms with Crippen molar-refractivity contribution in [2.24, 2.45) is 11.1 Å². The summed E-state index contributed by atoms with van der Waals surface area (Å²) < 4.78 is 13.5. The molecule has 4 aromatic rings. The summed E-state index contributed by atoms with van der Waals surface area (Å²) in [4.78, 5) is 49.5. The number of carbonyl (C=O) groups excluding carboxylic acids is 2. The van der Waals surface area contributed by atoms with Gasteiger partial charge in [-0.2, -0.15) is 0 Å². The van der Waals surface area contributed by atoms with E-state index >= 15 is 0 Å². The van der Waals surface area contributed by atoms with E-state index in [2.05, 4.69) is 14.9 Å². The van der Waals surface area contributed by atoms with Gasteiger partial charge in [-0.15, -0.1) is 0 Å². The maximum atomic E-state index is 13.9. The van der Waals surface area contributed by atoms with E-state index in [0.717, 1.165) is 25.7 Å². The lowest BCUT2D eigenvalue weighted by Crippen LogP contribution is -2.56. The molecule has 2 aromatic carbocycles. The smallest absolute Gasteiger partial charge is 0.335 e. The van der Waals surface area contributed by atoms with Gasteiger partial charge >= 0.3 is 5.97 Å². The molecule has 1 atom stereocenters. The maximum absolute atomic E-state index is 13.9. The predicted molar refractivity (Wildman–Crippen MR) is 141 cm³/mol. The topological polar surface area (TPSA) is 133 Å². The van der Waals surface area contributed by atoms with Crippen molar-refractivity contribution in [3.8, 4) is 0 Å². The molecule has 2 fully saturated rings. The number of aromatic nitrogens is 2. The number of carboxylic acid groups (broad SMARTS) is 1. The van der Waals surface area contributed by atoms with Gasteiger partial charge in [0.2, 0.25) is 5.91 Å². The number of aromatic carboxylic acids is 1. The zero-order valence-electron chi connectivity index (χ0n) is 20.5. The van der Waals surface area contributed by atoms with Gasteiger partial charge in [-0.1, -0.05) is 0 Å². The number of nitrogens with two attached hydrogens (primary N) is 1. The third kappa shape index (κ3) is 3.75. The molecule has 9 nitrogen and oxygen atoms in total. The number of hydrogen-bond acceptors (Lipinski definition) is 5. The quantitative estimate of drug-likeness (QED) is 0.375. The van der Waals surface area contributed by atoms with E-state index in [1.165, 1.54) is 24.4 Å². The fourth-order valence-corrected chi connectivity index (χ4v) is 6.07. The number of hydrogen-bond donors (Lipinski definition) is 3. The third-order valence-electron chi connectivity index (χ3n) is 7.87. The number of nitrogens with one attached hydrogen (secondary N) is 1. The molecule has 2 aliphatic heterocycles. The van der Waals surface area contributed by atoms with Gasteiger partial charge < -0.3 is 25.6 Å². The maximum Gasteiger partial charge on any atom is 0.335 e. The summed E-state index contributed by atoms with van der Waals surface area (Å²) in [6.07, 6.45) is 4.45. The highest BCUT2D eigenvalue weighted by molar-refractivity contribution is 6.19. The van der Waals surface area contributed by atoms with Crippen LogP contribution in [0.4, 0.5) is 15.9 Å². The van der Waals surface area contributed by atoms with E-state index in [4.69, 9.17) is 5.73 Å². The minimum atomic E-state index is -1.06. The molecule has 10 heteroatoms. The molecule has 1 spiro atoms. The fourth-order valence-electron chi connectivity index (χ4n) is 6.07.